The largest absolute Gasteiger partial charge is 0.494 e. The summed E-state index contributed by atoms with van der Waals surface area (Å²) in [7, 11) is 0. The second kappa shape index (κ2) is 10.8. The highest BCUT2D eigenvalue weighted by Crippen LogP contribution is 2.43. The minimum atomic E-state index is -1.11. The van der Waals surface area contributed by atoms with E-state index < -0.39 is 5.54 Å². The predicted molar refractivity (Wildman–Crippen MR) is 151 cm³/mol. The molecule has 1 aliphatic carbocycles. The lowest BCUT2D eigenvalue weighted by Crippen LogP contribution is -2.49. The normalized spacial score (nSPS) is 17.6. The molecule has 6 rings (SSSR count). The summed E-state index contributed by atoms with van der Waals surface area (Å²) >= 11 is 0. The third-order valence-electron chi connectivity index (χ3n) is 7.31. The molecular weight excluding hydrogens is 488 g/mol. The van der Waals surface area contributed by atoms with Crippen LogP contribution in [0.15, 0.2) is 108 Å². The first-order chi connectivity index (χ1) is 19.2. The van der Waals surface area contributed by atoms with Gasteiger partial charge < -0.3 is 19.9 Å². The van der Waals surface area contributed by atoms with Gasteiger partial charge >= 0.3 is 0 Å². The number of nitrogens with one attached hydrogen (secondary N) is 1. The molecule has 1 aliphatic heterocycles. The van der Waals surface area contributed by atoms with E-state index in [1.807, 2.05) is 78.9 Å². The summed E-state index contributed by atoms with van der Waals surface area (Å²) in [5, 5.41) is 12.3. The molecule has 1 heterocycles. The van der Waals surface area contributed by atoms with Crippen molar-refractivity contribution >= 4 is 11.8 Å². The molecule has 39 heavy (non-hydrogen) atoms. The Morgan fingerprint density at radius 3 is 2.21 bits per heavy atom. The molecule has 0 unspecified atom stereocenters. The fourth-order valence-electron chi connectivity index (χ4n) is 5.34. The van der Waals surface area contributed by atoms with Gasteiger partial charge in [0, 0.05) is 25.0 Å². The van der Waals surface area contributed by atoms with E-state index >= 15 is 0 Å². The molecule has 0 bridgehead atoms. The minimum absolute atomic E-state index is 0.0896. The number of hydrogen-bond acceptors (Lipinski definition) is 5. The van der Waals surface area contributed by atoms with Gasteiger partial charge in [0.25, 0.3) is 5.91 Å². The number of aliphatic imine (C=N–C) groups is 1. The fraction of sp³-hybridized carbons (Fsp3) is 0.212. The minimum Gasteiger partial charge on any atom is -0.494 e. The Hall–Kier alpha value is -4.42. The molecule has 6 nitrogen and oxygen atoms in total. The van der Waals surface area contributed by atoms with Crippen LogP contribution in [0, 0.1) is 0 Å². The molecular formula is C33H30N2O4. The highest BCUT2D eigenvalue weighted by atomic mass is 16.5. The van der Waals surface area contributed by atoms with Crippen LogP contribution in [-0.4, -0.2) is 42.3 Å². The SMILES string of the molecule is O=C(NC1c2ccccc2-c2ccccc21)[C@@]1(Cc2ccccc2)COC(c2ccc(OCCCO)cc2)=N1. The number of hydrogen-bond donors (Lipinski definition) is 2. The van der Waals surface area contributed by atoms with Gasteiger partial charge in [0.1, 0.15) is 12.4 Å². The van der Waals surface area contributed by atoms with Crippen molar-refractivity contribution in [2.45, 2.75) is 24.4 Å². The van der Waals surface area contributed by atoms with E-state index in [9.17, 15) is 4.79 Å². The third kappa shape index (κ3) is 4.91. The molecule has 6 heteroatoms. The van der Waals surface area contributed by atoms with E-state index in [1.54, 1.807) is 0 Å². The van der Waals surface area contributed by atoms with Gasteiger partial charge in [-0.25, -0.2) is 4.99 Å². The summed E-state index contributed by atoms with van der Waals surface area (Å²) in [5.74, 6) is 0.981. The van der Waals surface area contributed by atoms with Crippen molar-refractivity contribution in [3.8, 4) is 16.9 Å². The van der Waals surface area contributed by atoms with E-state index in [0.717, 1.165) is 33.4 Å². The Kier molecular flexibility index (Phi) is 6.86. The standard InChI is InChI=1S/C33H30N2O4/c36-19-8-20-38-25-17-15-24(16-18-25)31-35-33(22-39-31,21-23-9-2-1-3-10-23)32(37)34-30-28-13-6-4-11-26(28)27-12-5-7-14-29(27)30/h1-7,9-18,30,36H,8,19-22H2,(H,34,37)/t33-/m1/s1. The molecule has 2 N–H and O–H groups in total. The van der Waals surface area contributed by atoms with Crippen molar-refractivity contribution < 1.29 is 19.4 Å². The molecule has 0 radical (unpaired) electrons. The second-order valence-corrected chi connectivity index (χ2v) is 9.93. The summed E-state index contributed by atoms with van der Waals surface area (Å²) in [6.07, 6.45) is 0.992. The first-order valence-corrected chi connectivity index (χ1v) is 13.3. The zero-order valence-corrected chi connectivity index (χ0v) is 21.5. The number of nitrogens with zero attached hydrogens (tertiary/aromatic N) is 1. The van der Waals surface area contributed by atoms with Crippen molar-refractivity contribution in [1.29, 1.82) is 0 Å². The van der Waals surface area contributed by atoms with E-state index in [0.29, 0.717) is 31.1 Å². The molecule has 1 atom stereocenters. The van der Waals surface area contributed by atoms with Gasteiger partial charge in [0.05, 0.1) is 12.6 Å². The molecule has 0 saturated heterocycles. The molecule has 0 saturated carbocycles. The first-order valence-electron chi connectivity index (χ1n) is 13.3. The molecule has 2 aliphatic rings. The van der Waals surface area contributed by atoms with Crippen LogP contribution >= 0.6 is 0 Å². The average molecular weight is 519 g/mol. The van der Waals surface area contributed by atoms with Crippen LogP contribution in [0.5, 0.6) is 5.75 Å². The third-order valence-corrected chi connectivity index (χ3v) is 7.31. The number of benzene rings is 4. The van der Waals surface area contributed by atoms with Gasteiger partial charge in [-0.3, -0.25) is 4.79 Å². The van der Waals surface area contributed by atoms with Crippen LogP contribution in [0.25, 0.3) is 11.1 Å². The summed E-state index contributed by atoms with van der Waals surface area (Å²) in [5.41, 5.74) is 5.14. The monoisotopic (exact) mass is 518 g/mol. The van der Waals surface area contributed by atoms with Crippen LogP contribution < -0.4 is 10.1 Å². The lowest BCUT2D eigenvalue weighted by atomic mass is 9.90. The maximum absolute atomic E-state index is 14.2. The van der Waals surface area contributed by atoms with Crippen LogP contribution in [0.4, 0.5) is 0 Å². The Morgan fingerprint density at radius 1 is 0.897 bits per heavy atom. The number of amides is 1. The number of carbonyl (C=O) groups is 1. The van der Waals surface area contributed by atoms with Crippen LogP contribution in [0.3, 0.4) is 0 Å². The van der Waals surface area contributed by atoms with Crippen LogP contribution in [0.2, 0.25) is 0 Å². The van der Waals surface area contributed by atoms with Gasteiger partial charge in [0.15, 0.2) is 5.54 Å². The number of fused-ring (bicyclic) bond motifs is 3. The number of aliphatic hydroxyl groups is 1. The lowest BCUT2D eigenvalue weighted by molar-refractivity contribution is -0.127. The summed E-state index contributed by atoms with van der Waals surface area (Å²) < 4.78 is 11.8. The average Bonchev–Trinajstić information content (AvgIpc) is 3.55. The van der Waals surface area contributed by atoms with Gasteiger partial charge in [-0.15, -0.1) is 0 Å². The zero-order valence-electron chi connectivity index (χ0n) is 21.5. The highest BCUT2D eigenvalue weighted by molar-refractivity contribution is 6.00. The van der Waals surface area contributed by atoms with Crippen molar-refractivity contribution in [2.24, 2.45) is 4.99 Å². The van der Waals surface area contributed by atoms with Crippen LogP contribution in [0.1, 0.15) is 34.7 Å². The smallest absolute Gasteiger partial charge is 0.252 e. The van der Waals surface area contributed by atoms with E-state index in [1.165, 1.54) is 0 Å². The maximum Gasteiger partial charge on any atom is 0.252 e. The fourth-order valence-corrected chi connectivity index (χ4v) is 5.34. The maximum atomic E-state index is 14.2. The number of aliphatic hydroxyl groups excluding tert-OH is 1. The van der Waals surface area contributed by atoms with E-state index in [2.05, 4.69) is 29.6 Å². The van der Waals surface area contributed by atoms with E-state index in [-0.39, 0.29) is 25.2 Å². The lowest BCUT2D eigenvalue weighted by Gasteiger charge is -2.26. The Bertz CT molecular complexity index is 1450. The number of ether oxygens (including phenoxy) is 2. The first kappa shape index (κ1) is 24.9. The summed E-state index contributed by atoms with van der Waals surface area (Å²) in [4.78, 5) is 19.1. The second-order valence-electron chi connectivity index (χ2n) is 9.93. The topological polar surface area (TPSA) is 80.2 Å². The summed E-state index contributed by atoms with van der Waals surface area (Å²) in [6.45, 7) is 0.682. The molecule has 0 aromatic heterocycles. The molecule has 196 valence electrons. The number of carbonyl (C=O) groups excluding carboxylic acids is 1. The Balaban J connectivity index is 1.31. The summed E-state index contributed by atoms with van der Waals surface area (Å²) in [6, 6.07) is 33.6. The van der Waals surface area contributed by atoms with Crippen molar-refractivity contribution in [1.82, 2.24) is 5.32 Å². The van der Waals surface area contributed by atoms with Crippen molar-refractivity contribution in [3.63, 3.8) is 0 Å². The van der Waals surface area contributed by atoms with Crippen molar-refractivity contribution in [3.05, 3.63) is 125 Å². The van der Waals surface area contributed by atoms with Crippen LogP contribution in [-0.2, 0) is 16.0 Å². The Labute approximate surface area is 228 Å². The van der Waals surface area contributed by atoms with Gasteiger partial charge in [-0.2, -0.15) is 0 Å². The predicted octanol–water partition coefficient (Wildman–Crippen LogP) is 5.09. The molecule has 4 aromatic carbocycles. The number of rotatable bonds is 9. The molecule has 1 amide bonds. The zero-order chi connectivity index (χ0) is 26.7. The van der Waals surface area contributed by atoms with Gasteiger partial charge in [0.2, 0.25) is 5.90 Å². The Morgan fingerprint density at radius 2 is 1.54 bits per heavy atom. The quantitative estimate of drug-likeness (QED) is 0.303. The van der Waals surface area contributed by atoms with Gasteiger partial charge in [-0.1, -0.05) is 78.9 Å². The van der Waals surface area contributed by atoms with E-state index in [4.69, 9.17) is 19.6 Å². The van der Waals surface area contributed by atoms with Crippen molar-refractivity contribution in [2.75, 3.05) is 19.8 Å². The highest BCUT2D eigenvalue weighted by Gasteiger charge is 2.46. The molecule has 0 fully saturated rings. The molecule has 0 spiro atoms. The molecule has 4 aromatic rings. The van der Waals surface area contributed by atoms with Gasteiger partial charge in [-0.05, 0) is 52.1 Å².